The van der Waals surface area contributed by atoms with Gasteiger partial charge in [0.15, 0.2) is 0 Å². The third-order valence-corrected chi connectivity index (χ3v) is 5.15. The summed E-state index contributed by atoms with van der Waals surface area (Å²) in [4.78, 5) is 15.9. The second-order valence-electron chi connectivity index (χ2n) is 5.45. The van der Waals surface area contributed by atoms with Gasteiger partial charge >= 0.3 is 0 Å². The zero-order valence-corrected chi connectivity index (χ0v) is 13.2. The van der Waals surface area contributed by atoms with Gasteiger partial charge in [-0.2, -0.15) is 0 Å². The van der Waals surface area contributed by atoms with Crippen molar-refractivity contribution in [3.8, 4) is 0 Å². The number of hydrogen-bond donors (Lipinski definition) is 0. The molecule has 1 aliphatic rings. The number of aryl methyl sites for hydroxylation is 1. The number of benzene rings is 1. The van der Waals surface area contributed by atoms with Crippen LogP contribution in [0.2, 0.25) is 0 Å². The highest BCUT2D eigenvalue weighted by Gasteiger charge is 2.26. The maximum absolute atomic E-state index is 12.5. The summed E-state index contributed by atoms with van der Waals surface area (Å²) < 4.78 is 0. The average Bonchev–Trinajstić information content (AvgIpc) is 2.96. The van der Waals surface area contributed by atoms with E-state index in [9.17, 15) is 4.79 Å². The first-order chi connectivity index (χ1) is 10.2. The minimum atomic E-state index is 0.0996. The van der Waals surface area contributed by atoms with Crippen LogP contribution in [0.1, 0.15) is 34.5 Å². The van der Waals surface area contributed by atoms with Crippen molar-refractivity contribution in [2.45, 2.75) is 26.3 Å². The van der Waals surface area contributed by atoms with Crippen LogP contribution in [-0.4, -0.2) is 17.4 Å². The highest BCUT2D eigenvalue weighted by molar-refractivity contribution is 7.10. The minimum Gasteiger partial charge on any atom is -0.332 e. The highest BCUT2D eigenvalue weighted by atomic mass is 32.1. The summed E-state index contributed by atoms with van der Waals surface area (Å²) >= 11 is 1.80. The van der Waals surface area contributed by atoms with Crippen LogP contribution in [-0.2, 0) is 11.2 Å². The Hall–Kier alpha value is -1.87. The first kappa shape index (κ1) is 14.1. The smallest absolute Gasteiger partial charge is 0.247 e. The summed E-state index contributed by atoms with van der Waals surface area (Å²) in [5, 5.41) is 2.12. The van der Waals surface area contributed by atoms with E-state index in [-0.39, 0.29) is 11.9 Å². The topological polar surface area (TPSA) is 20.3 Å². The van der Waals surface area contributed by atoms with E-state index in [1.165, 1.54) is 16.0 Å². The second kappa shape index (κ2) is 5.86. The van der Waals surface area contributed by atoms with Crippen molar-refractivity contribution in [2.24, 2.45) is 0 Å². The van der Waals surface area contributed by atoms with Gasteiger partial charge in [-0.3, -0.25) is 4.79 Å². The van der Waals surface area contributed by atoms with Gasteiger partial charge in [-0.1, -0.05) is 24.3 Å². The van der Waals surface area contributed by atoms with Gasteiger partial charge in [-0.25, -0.2) is 0 Å². The maximum Gasteiger partial charge on any atom is 0.247 e. The van der Waals surface area contributed by atoms with E-state index in [0.29, 0.717) is 0 Å². The van der Waals surface area contributed by atoms with Crippen molar-refractivity contribution < 1.29 is 4.79 Å². The van der Waals surface area contributed by atoms with E-state index >= 15 is 0 Å². The first-order valence-corrected chi connectivity index (χ1v) is 8.15. The van der Waals surface area contributed by atoms with Gasteiger partial charge in [0, 0.05) is 17.5 Å². The normalized spacial score (nSPS) is 18.0. The zero-order chi connectivity index (χ0) is 14.8. The fourth-order valence-electron chi connectivity index (χ4n) is 2.84. The SMILES string of the molecule is Cc1ccccc1/C=C/C(=O)N1CCc2sccc2[C@@H]1C. The monoisotopic (exact) mass is 297 g/mol. The molecule has 0 saturated carbocycles. The lowest BCUT2D eigenvalue weighted by Gasteiger charge is -2.32. The van der Waals surface area contributed by atoms with Gasteiger partial charge in [-0.05, 0) is 54.5 Å². The van der Waals surface area contributed by atoms with Crippen LogP contribution in [0, 0.1) is 6.92 Å². The molecule has 1 aromatic carbocycles. The molecule has 0 aliphatic carbocycles. The fourth-order valence-corrected chi connectivity index (χ4v) is 3.80. The van der Waals surface area contributed by atoms with Gasteiger partial charge < -0.3 is 4.90 Å². The van der Waals surface area contributed by atoms with Crippen molar-refractivity contribution in [3.05, 3.63) is 63.4 Å². The van der Waals surface area contributed by atoms with Crippen molar-refractivity contribution in [3.63, 3.8) is 0 Å². The van der Waals surface area contributed by atoms with Crippen LogP contribution in [0.15, 0.2) is 41.8 Å². The van der Waals surface area contributed by atoms with Crippen LogP contribution in [0.3, 0.4) is 0 Å². The molecule has 0 unspecified atom stereocenters. The lowest BCUT2D eigenvalue weighted by molar-refractivity contribution is -0.128. The maximum atomic E-state index is 12.5. The van der Waals surface area contributed by atoms with Crippen molar-refractivity contribution in [1.82, 2.24) is 4.90 Å². The lowest BCUT2D eigenvalue weighted by atomic mass is 10.0. The van der Waals surface area contributed by atoms with Gasteiger partial charge in [0.2, 0.25) is 5.91 Å². The Bertz CT molecular complexity index is 686. The minimum absolute atomic E-state index is 0.0996. The van der Waals surface area contributed by atoms with Crippen molar-refractivity contribution in [2.75, 3.05) is 6.54 Å². The number of carbonyl (C=O) groups excluding carboxylic acids is 1. The van der Waals surface area contributed by atoms with Crippen LogP contribution in [0.5, 0.6) is 0 Å². The van der Waals surface area contributed by atoms with E-state index in [4.69, 9.17) is 0 Å². The molecule has 1 aliphatic heterocycles. The van der Waals surface area contributed by atoms with Gasteiger partial charge in [0.1, 0.15) is 0 Å². The van der Waals surface area contributed by atoms with Crippen molar-refractivity contribution >= 4 is 23.3 Å². The molecule has 1 amide bonds. The Morgan fingerprint density at radius 1 is 1.33 bits per heavy atom. The van der Waals surface area contributed by atoms with E-state index in [1.54, 1.807) is 17.4 Å². The largest absolute Gasteiger partial charge is 0.332 e. The molecule has 21 heavy (non-hydrogen) atoms. The summed E-state index contributed by atoms with van der Waals surface area (Å²) in [6.45, 7) is 4.99. The molecule has 0 saturated heterocycles. The number of amides is 1. The van der Waals surface area contributed by atoms with Crippen LogP contribution in [0.25, 0.3) is 6.08 Å². The van der Waals surface area contributed by atoms with Crippen LogP contribution >= 0.6 is 11.3 Å². The summed E-state index contributed by atoms with van der Waals surface area (Å²) in [5.41, 5.74) is 3.60. The predicted octanol–water partition coefficient (Wildman–Crippen LogP) is 4.22. The molecule has 1 atom stereocenters. The lowest BCUT2D eigenvalue weighted by Crippen LogP contribution is -2.37. The molecule has 108 valence electrons. The highest BCUT2D eigenvalue weighted by Crippen LogP contribution is 2.32. The van der Waals surface area contributed by atoms with E-state index < -0.39 is 0 Å². The molecule has 0 N–H and O–H groups in total. The molecule has 2 aromatic rings. The van der Waals surface area contributed by atoms with Crippen molar-refractivity contribution in [1.29, 1.82) is 0 Å². The summed E-state index contributed by atoms with van der Waals surface area (Å²) in [6, 6.07) is 10.4. The molecule has 3 rings (SSSR count). The Morgan fingerprint density at radius 3 is 2.95 bits per heavy atom. The molecule has 1 aromatic heterocycles. The fraction of sp³-hybridized carbons (Fsp3) is 0.278. The average molecular weight is 297 g/mol. The van der Waals surface area contributed by atoms with E-state index in [2.05, 4.69) is 31.4 Å². The number of carbonyl (C=O) groups is 1. The number of fused-ring (bicyclic) bond motifs is 1. The third-order valence-electron chi connectivity index (χ3n) is 4.15. The number of nitrogens with zero attached hydrogens (tertiary/aromatic N) is 1. The zero-order valence-electron chi connectivity index (χ0n) is 12.4. The predicted molar refractivity (Wildman–Crippen MR) is 88.4 cm³/mol. The Kier molecular flexibility index (Phi) is 3.93. The molecule has 3 heteroatoms. The number of rotatable bonds is 2. The van der Waals surface area contributed by atoms with Gasteiger partial charge in [0.25, 0.3) is 0 Å². The van der Waals surface area contributed by atoms with E-state index in [1.807, 2.05) is 29.2 Å². The summed E-state index contributed by atoms with van der Waals surface area (Å²) in [5.74, 6) is 0.0996. The number of hydrogen-bond acceptors (Lipinski definition) is 2. The van der Waals surface area contributed by atoms with Gasteiger partial charge in [-0.15, -0.1) is 11.3 Å². The standard InChI is InChI=1S/C18H19NOS/c1-13-5-3-4-6-15(13)7-8-18(20)19-11-9-17-16(14(19)2)10-12-21-17/h3-8,10,12,14H,9,11H2,1-2H3/b8-7+/t14-/m0/s1. The summed E-state index contributed by atoms with van der Waals surface area (Å²) in [7, 11) is 0. The number of thiophene rings is 1. The second-order valence-corrected chi connectivity index (χ2v) is 6.45. The molecule has 0 bridgehead atoms. The third kappa shape index (κ3) is 2.79. The summed E-state index contributed by atoms with van der Waals surface area (Å²) in [6.07, 6.45) is 4.60. The molecular formula is C18H19NOS. The molecular weight excluding hydrogens is 278 g/mol. The molecule has 0 radical (unpaired) electrons. The quantitative estimate of drug-likeness (QED) is 0.760. The Morgan fingerprint density at radius 2 is 2.14 bits per heavy atom. The van der Waals surface area contributed by atoms with Crippen LogP contribution in [0.4, 0.5) is 0 Å². The molecule has 2 nitrogen and oxygen atoms in total. The van der Waals surface area contributed by atoms with Crippen LogP contribution < -0.4 is 0 Å². The first-order valence-electron chi connectivity index (χ1n) is 7.27. The molecule has 2 heterocycles. The van der Waals surface area contributed by atoms with Gasteiger partial charge in [0.05, 0.1) is 6.04 Å². The Labute approximate surface area is 129 Å². The molecule has 0 fully saturated rings. The van der Waals surface area contributed by atoms with E-state index in [0.717, 1.165) is 18.5 Å². The Balaban J connectivity index is 1.76. The molecule has 0 spiro atoms.